The fourth-order valence-electron chi connectivity index (χ4n) is 14.2. The molecule has 0 saturated heterocycles. The van der Waals surface area contributed by atoms with Crippen molar-refractivity contribution in [2.45, 2.75) is 189 Å². The highest BCUT2D eigenvalue weighted by molar-refractivity contribution is 5.84. The largest absolute Gasteiger partial charge is 0.469 e. The average Bonchev–Trinajstić information content (AvgIpc) is 3.49. The second-order valence-corrected chi connectivity index (χ2v) is 19.9. The number of fused-ring (bicyclic) bond motifs is 7. The van der Waals surface area contributed by atoms with Crippen LogP contribution in [0.3, 0.4) is 0 Å². The number of hydrogen-bond acceptors (Lipinski definition) is 5. The quantitative estimate of drug-likeness (QED) is 0.0974. The Morgan fingerprint density at radius 1 is 0.692 bits per heavy atom. The molecule has 0 aromatic heterocycles. The van der Waals surface area contributed by atoms with Crippen molar-refractivity contribution >= 4 is 17.8 Å². The summed E-state index contributed by atoms with van der Waals surface area (Å²) in [5, 5.41) is 3.52. The van der Waals surface area contributed by atoms with Crippen LogP contribution in [0.25, 0.3) is 0 Å². The third kappa shape index (κ3) is 7.54. The summed E-state index contributed by atoms with van der Waals surface area (Å²) in [5.41, 5.74) is 1.70. The van der Waals surface area contributed by atoms with Crippen LogP contribution in [0.4, 0.5) is 0 Å². The van der Waals surface area contributed by atoms with Gasteiger partial charge in [-0.15, -0.1) is 0 Å². The molecular formula is C46H77NO5. The zero-order valence-corrected chi connectivity index (χ0v) is 34.8. The molecule has 0 aromatic carbocycles. The number of rotatable bonds is 16. The number of hydrogen-bond donors (Lipinski definition) is 1. The number of carbonyl (C=O) groups excluding carboxylic acids is 3. The Balaban J connectivity index is 1.18. The van der Waals surface area contributed by atoms with Gasteiger partial charge in [-0.2, -0.15) is 0 Å². The normalized spacial score (nSPS) is 38.9. The number of ether oxygens (including phenoxy) is 2. The van der Waals surface area contributed by atoms with Crippen LogP contribution in [0.1, 0.15) is 183 Å². The molecule has 5 fully saturated rings. The smallest absolute Gasteiger partial charge is 0.305 e. The maximum absolute atomic E-state index is 14.5. The summed E-state index contributed by atoms with van der Waals surface area (Å²) in [5.74, 6) is 2.70. The van der Waals surface area contributed by atoms with E-state index in [1.165, 1.54) is 83.3 Å². The van der Waals surface area contributed by atoms with Crippen molar-refractivity contribution in [3.8, 4) is 0 Å². The van der Waals surface area contributed by atoms with Gasteiger partial charge in [-0.05, 0) is 130 Å². The van der Waals surface area contributed by atoms with Gasteiger partial charge in [-0.1, -0.05) is 98.1 Å². The summed E-state index contributed by atoms with van der Waals surface area (Å²) >= 11 is 0. The van der Waals surface area contributed by atoms with Gasteiger partial charge >= 0.3 is 11.9 Å². The Bertz CT molecular complexity index is 1290. The molecule has 0 unspecified atom stereocenters. The Labute approximate surface area is 318 Å². The van der Waals surface area contributed by atoms with Gasteiger partial charge in [0.2, 0.25) is 5.91 Å². The lowest BCUT2D eigenvalue weighted by molar-refractivity contribution is -0.248. The molecule has 0 aromatic rings. The molecule has 6 nitrogen and oxygen atoms in total. The first-order chi connectivity index (χ1) is 24.6. The van der Waals surface area contributed by atoms with Gasteiger partial charge in [0.25, 0.3) is 0 Å². The molecule has 5 saturated carbocycles. The van der Waals surface area contributed by atoms with Crippen LogP contribution in [-0.2, 0) is 23.9 Å². The van der Waals surface area contributed by atoms with E-state index in [-0.39, 0.29) is 45.1 Å². The third-order valence-electron chi connectivity index (χ3n) is 17.1. The lowest BCUT2D eigenvalue weighted by Crippen LogP contribution is -2.67. The second kappa shape index (κ2) is 16.5. The summed E-state index contributed by atoms with van der Waals surface area (Å²) in [6, 6.07) is 0. The first kappa shape index (κ1) is 41.3. The van der Waals surface area contributed by atoms with Crippen LogP contribution in [0.5, 0.6) is 0 Å². The van der Waals surface area contributed by atoms with Crippen molar-refractivity contribution in [1.82, 2.24) is 5.32 Å². The Kier molecular flexibility index (Phi) is 13.1. The molecule has 0 heterocycles. The first-order valence-electron chi connectivity index (χ1n) is 21.8. The minimum Gasteiger partial charge on any atom is -0.469 e. The Morgan fingerprint density at radius 3 is 1.94 bits per heavy atom. The molecule has 296 valence electrons. The average molecular weight is 724 g/mol. The van der Waals surface area contributed by atoms with Crippen molar-refractivity contribution in [3.63, 3.8) is 0 Å². The predicted octanol–water partition coefficient (Wildman–Crippen LogP) is 11.2. The van der Waals surface area contributed by atoms with Gasteiger partial charge in [0, 0.05) is 25.3 Å². The number of methoxy groups -OCH3 is 1. The first-order valence-corrected chi connectivity index (χ1v) is 21.8. The molecule has 0 spiro atoms. The molecule has 0 radical (unpaired) electrons. The van der Waals surface area contributed by atoms with Crippen molar-refractivity contribution in [2.75, 3.05) is 13.7 Å². The molecule has 1 N–H and O–H groups in total. The van der Waals surface area contributed by atoms with Crippen molar-refractivity contribution < 1.29 is 23.9 Å². The van der Waals surface area contributed by atoms with Gasteiger partial charge in [-0.25, -0.2) is 0 Å². The van der Waals surface area contributed by atoms with E-state index in [4.69, 9.17) is 9.47 Å². The molecule has 5 aliphatic carbocycles. The third-order valence-corrected chi connectivity index (χ3v) is 17.1. The standard InChI is InChI=1S/C46H77NO5/c1-32(2)34-23-28-46(41(50)47-31-19-17-15-13-11-10-12-14-16-18-20-39(49)51-9)30-29-44(7)35(40(34)46)21-22-37-43(6)26-25-38(52-33(3)48)42(4,5)36(43)24-27-45(37,44)8/h34-38,40H,1,10-31H2,2-9H3,(H,47,50)/t34-,35+,36-,37+,38-,40+,43-,44+,45+,46-/m0/s1. The molecule has 52 heavy (non-hydrogen) atoms. The number of amides is 1. The van der Waals surface area contributed by atoms with Crippen LogP contribution in [0.15, 0.2) is 12.2 Å². The predicted molar refractivity (Wildman–Crippen MR) is 210 cm³/mol. The number of allylic oxidation sites excluding steroid dienone is 1. The van der Waals surface area contributed by atoms with Gasteiger partial charge in [0.15, 0.2) is 0 Å². The van der Waals surface area contributed by atoms with E-state index in [0.717, 1.165) is 64.3 Å². The molecule has 10 atom stereocenters. The Hall–Kier alpha value is -1.85. The summed E-state index contributed by atoms with van der Waals surface area (Å²) in [7, 11) is 1.46. The van der Waals surface area contributed by atoms with Gasteiger partial charge in [0.05, 0.1) is 12.5 Å². The lowest BCUT2D eigenvalue weighted by atomic mass is 9.32. The molecule has 6 heteroatoms. The topological polar surface area (TPSA) is 81.7 Å². The zero-order valence-electron chi connectivity index (χ0n) is 34.8. The van der Waals surface area contributed by atoms with Crippen LogP contribution < -0.4 is 5.32 Å². The molecule has 0 bridgehead atoms. The van der Waals surface area contributed by atoms with Crippen LogP contribution in [0, 0.1) is 56.7 Å². The second-order valence-electron chi connectivity index (χ2n) is 19.9. The molecule has 5 aliphatic rings. The molecule has 0 aliphatic heterocycles. The summed E-state index contributed by atoms with van der Waals surface area (Å²) in [4.78, 5) is 37.8. The van der Waals surface area contributed by atoms with E-state index in [1.54, 1.807) is 6.92 Å². The number of carbonyl (C=O) groups is 3. The van der Waals surface area contributed by atoms with Crippen molar-refractivity contribution in [1.29, 1.82) is 0 Å². The number of esters is 2. The monoisotopic (exact) mass is 724 g/mol. The Morgan fingerprint density at radius 2 is 1.33 bits per heavy atom. The summed E-state index contributed by atoms with van der Waals surface area (Å²) in [6.45, 7) is 21.8. The lowest BCUT2D eigenvalue weighted by Gasteiger charge is -2.72. The highest BCUT2D eigenvalue weighted by atomic mass is 16.5. The molecule has 1 amide bonds. The fourth-order valence-corrected chi connectivity index (χ4v) is 14.2. The van der Waals surface area contributed by atoms with Crippen molar-refractivity contribution in [2.24, 2.45) is 56.7 Å². The van der Waals surface area contributed by atoms with E-state index in [2.05, 4.69) is 53.4 Å². The van der Waals surface area contributed by atoms with E-state index in [9.17, 15) is 14.4 Å². The SMILES string of the molecule is C=C(C)[C@@H]1CC[C@]2(C(=O)NCCCCCCCCCCCCC(=O)OC)CC[C@]3(C)[C@H](CC[C@@H]4[C@@]5(C)CC[C@H](OC(C)=O)C(C)(C)[C@@H]5CC[C@]43C)[C@@H]12. The van der Waals surface area contributed by atoms with E-state index < -0.39 is 0 Å². The van der Waals surface area contributed by atoms with Gasteiger partial charge in [0.1, 0.15) is 6.10 Å². The van der Waals surface area contributed by atoms with Crippen molar-refractivity contribution in [3.05, 3.63) is 12.2 Å². The number of unbranched alkanes of at least 4 members (excludes halogenated alkanes) is 9. The van der Waals surface area contributed by atoms with Gasteiger partial charge < -0.3 is 14.8 Å². The highest BCUT2D eigenvalue weighted by Crippen LogP contribution is 2.77. The van der Waals surface area contributed by atoms with Crippen LogP contribution in [-0.4, -0.2) is 37.6 Å². The van der Waals surface area contributed by atoms with E-state index >= 15 is 0 Å². The molecular weight excluding hydrogens is 647 g/mol. The van der Waals surface area contributed by atoms with Crippen LogP contribution >= 0.6 is 0 Å². The van der Waals surface area contributed by atoms with Gasteiger partial charge in [-0.3, -0.25) is 14.4 Å². The maximum Gasteiger partial charge on any atom is 0.305 e. The minimum absolute atomic E-state index is 0.00941. The zero-order chi connectivity index (χ0) is 38.0. The maximum atomic E-state index is 14.5. The van der Waals surface area contributed by atoms with E-state index in [0.29, 0.717) is 41.9 Å². The molecule has 5 rings (SSSR count). The summed E-state index contributed by atoms with van der Waals surface area (Å²) in [6.07, 6.45) is 23.7. The number of nitrogens with one attached hydrogen (secondary N) is 1. The fraction of sp³-hybridized carbons (Fsp3) is 0.891. The summed E-state index contributed by atoms with van der Waals surface area (Å²) < 4.78 is 10.7. The highest BCUT2D eigenvalue weighted by Gasteiger charge is 2.72. The van der Waals surface area contributed by atoms with Crippen LogP contribution in [0.2, 0.25) is 0 Å². The minimum atomic E-state index is -0.251. The van der Waals surface area contributed by atoms with E-state index in [1.807, 2.05) is 0 Å².